The molecule has 138 valence electrons. The Balaban J connectivity index is 1.45. The number of esters is 1. The Hall–Kier alpha value is -2.60. The van der Waals surface area contributed by atoms with Gasteiger partial charge < -0.3 is 19.1 Å². The van der Waals surface area contributed by atoms with Crippen LogP contribution < -0.4 is 4.74 Å². The molecule has 0 saturated carbocycles. The Morgan fingerprint density at radius 2 is 1.73 bits per heavy atom. The van der Waals surface area contributed by atoms with E-state index in [1.54, 1.807) is 11.0 Å². The molecule has 6 heteroatoms. The summed E-state index contributed by atoms with van der Waals surface area (Å²) in [6, 6.07) is 13.5. The highest BCUT2D eigenvalue weighted by molar-refractivity contribution is 5.84. The number of hydrogen-bond donors (Lipinski definition) is 0. The van der Waals surface area contributed by atoms with Crippen molar-refractivity contribution in [2.75, 3.05) is 26.3 Å². The van der Waals surface area contributed by atoms with Crippen LogP contribution in [0.25, 0.3) is 10.8 Å². The standard InChI is InChI=1S/C20H23NO5/c1-14-10-21(11-15(2)26-14)19(22)12-25-20(23)13-24-18-8-7-16-5-3-4-6-17(16)9-18/h3-9,14-15H,10-13H2,1-2H3/t14-,15-/m1/s1. The molecule has 1 aliphatic heterocycles. The van der Waals surface area contributed by atoms with Gasteiger partial charge in [0, 0.05) is 13.1 Å². The molecule has 0 aromatic heterocycles. The van der Waals surface area contributed by atoms with Crippen LogP contribution in [0.15, 0.2) is 42.5 Å². The molecular formula is C20H23NO5. The number of fused-ring (bicyclic) bond motifs is 1. The maximum atomic E-state index is 12.2. The van der Waals surface area contributed by atoms with Crippen molar-refractivity contribution < 1.29 is 23.8 Å². The first-order valence-electron chi connectivity index (χ1n) is 8.72. The zero-order valence-corrected chi connectivity index (χ0v) is 15.0. The molecule has 0 unspecified atom stereocenters. The van der Waals surface area contributed by atoms with Gasteiger partial charge in [-0.1, -0.05) is 30.3 Å². The van der Waals surface area contributed by atoms with E-state index in [0.29, 0.717) is 18.8 Å². The minimum Gasteiger partial charge on any atom is -0.482 e. The van der Waals surface area contributed by atoms with E-state index in [1.165, 1.54) is 0 Å². The van der Waals surface area contributed by atoms with E-state index in [4.69, 9.17) is 14.2 Å². The lowest BCUT2D eigenvalue weighted by Gasteiger charge is -2.35. The Kier molecular flexibility index (Phi) is 5.73. The van der Waals surface area contributed by atoms with Crippen LogP contribution in [0.5, 0.6) is 5.75 Å². The van der Waals surface area contributed by atoms with Crippen LogP contribution >= 0.6 is 0 Å². The Morgan fingerprint density at radius 1 is 1.04 bits per heavy atom. The van der Waals surface area contributed by atoms with E-state index in [1.807, 2.05) is 50.2 Å². The molecule has 1 heterocycles. The average molecular weight is 357 g/mol. The fourth-order valence-corrected chi connectivity index (χ4v) is 3.06. The lowest BCUT2D eigenvalue weighted by Crippen LogP contribution is -2.49. The van der Waals surface area contributed by atoms with Gasteiger partial charge in [-0.05, 0) is 36.8 Å². The third-order valence-electron chi connectivity index (χ3n) is 4.21. The molecule has 3 rings (SSSR count). The van der Waals surface area contributed by atoms with Crippen LogP contribution in [0, 0.1) is 0 Å². The SMILES string of the molecule is C[C@@H]1CN(C(=O)COC(=O)COc2ccc3ccccc3c2)C[C@@H](C)O1. The van der Waals surface area contributed by atoms with Gasteiger partial charge >= 0.3 is 5.97 Å². The highest BCUT2D eigenvalue weighted by Crippen LogP contribution is 2.20. The number of benzene rings is 2. The third-order valence-corrected chi connectivity index (χ3v) is 4.21. The van der Waals surface area contributed by atoms with Gasteiger partial charge in [-0.15, -0.1) is 0 Å². The van der Waals surface area contributed by atoms with Crippen LogP contribution in [0.2, 0.25) is 0 Å². The van der Waals surface area contributed by atoms with E-state index in [2.05, 4.69) is 0 Å². The third kappa shape index (κ3) is 4.73. The van der Waals surface area contributed by atoms with Crippen molar-refractivity contribution in [2.45, 2.75) is 26.1 Å². The number of morpholine rings is 1. The number of carbonyl (C=O) groups excluding carboxylic acids is 2. The maximum absolute atomic E-state index is 12.2. The Labute approximate surface area is 152 Å². The normalized spacial score (nSPS) is 20.0. The summed E-state index contributed by atoms with van der Waals surface area (Å²) in [5.74, 6) is -0.199. The number of carbonyl (C=O) groups is 2. The number of ether oxygens (including phenoxy) is 3. The summed E-state index contributed by atoms with van der Waals surface area (Å²) in [7, 11) is 0. The van der Waals surface area contributed by atoms with Crippen LogP contribution in [0.1, 0.15) is 13.8 Å². The molecular weight excluding hydrogens is 334 g/mol. The summed E-state index contributed by atoms with van der Waals surface area (Å²) >= 11 is 0. The van der Waals surface area contributed by atoms with Crippen molar-refractivity contribution in [1.29, 1.82) is 0 Å². The highest BCUT2D eigenvalue weighted by Gasteiger charge is 2.26. The van der Waals surface area contributed by atoms with Crippen molar-refractivity contribution in [2.24, 2.45) is 0 Å². The fraction of sp³-hybridized carbons (Fsp3) is 0.400. The highest BCUT2D eigenvalue weighted by atomic mass is 16.6. The van der Waals surface area contributed by atoms with Crippen LogP contribution in [0.3, 0.4) is 0 Å². The predicted molar refractivity (Wildman–Crippen MR) is 97.0 cm³/mol. The molecule has 26 heavy (non-hydrogen) atoms. The summed E-state index contributed by atoms with van der Waals surface area (Å²) in [5.41, 5.74) is 0. The summed E-state index contributed by atoms with van der Waals surface area (Å²) in [4.78, 5) is 25.7. The Bertz CT molecular complexity index is 781. The second-order valence-corrected chi connectivity index (χ2v) is 6.51. The summed E-state index contributed by atoms with van der Waals surface area (Å²) < 4.78 is 16.1. The van der Waals surface area contributed by atoms with Crippen LogP contribution in [-0.2, 0) is 19.1 Å². The van der Waals surface area contributed by atoms with E-state index in [9.17, 15) is 9.59 Å². The molecule has 6 nitrogen and oxygen atoms in total. The van der Waals surface area contributed by atoms with E-state index in [-0.39, 0.29) is 31.3 Å². The number of rotatable bonds is 5. The Morgan fingerprint density at radius 3 is 2.46 bits per heavy atom. The van der Waals surface area contributed by atoms with Crippen LogP contribution in [0.4, 0.5) is 0 Å². The van der Waals surface area contributed by atoms with Crippen molar-refractivity contribution in [3.63, 3.8) is 0 Å². The second kappa shape index (κ2) is 8.19. The summed E-state index contributed by atoms with van der Waals surface area (Å²) in [6.07, 6.45) is -0.0377. The molecule has 2 aromatic carbocycles. The first kappa shape index (κ1) is 18.2. The zero-order chi connectivity index (χ0) is 18.5. The van der Waals surface area contributed by atoms with E-state index in [0.717, 1.165) is 10.8 Å². The predicted octanol–water partition coefficient (Wildman–Crippen LogP) is 2.40. The van der Waals surface area contributed by atoms with Crippen molar-refractivity contribution in [3.8, 4) is 5.75 Å². The quantitative estimate of drug-likeness (QED) is 0.769. The van der Waals surface area contributed by atoms with Crippen molar-refractivity contribution >= 4 is 22.6 Å². The van der Waals surface area contributed by atoms with Gasteiger partial charge in [0.15, 0.2) is 13.2 Å². The maximum Gasteiger partial charge on any atom is 0.344 e. The second-order valence-electron chi connectivity index (χ2n) is 6.51. The lowest BCUT2D eigenvalue weighted by atomic mass is 10.1. The average Bonchev–Trinajstić information content (AvgIpc) is 2.63. The number of hydrogen-bond acceptors (Lipinski definition) is 5. The van der Waals surface area contributed by atoms with Crippen molar-refractivity contribution in [1.82, 2.24) is 4.90 Å². The molecule has 2 aromatic rings. The van der Waals surface area contributed by atoms with Gasteiger partial charge in [0.05, 0.1) is 12.2 Å². The summed E-state index contributed by atoms with van der Waals surface area (Å²) in [5, 5.41) is 2.13. The van der Waals surface area contributed by atoms with E-state index < -0.39 is 5.97 Å². The smallest absolute Gasteiger partial charge is 0.344 e. The van der Waals surface area contributed by atoms with Gasteiger partial charge in [-0.25, -0.2) is 4.79 Å². The minimum absolute atomic E-state index is 0.0189. The lowest BCUT2D eigenvalue weighted by molar-refractivity contribution is -0.158. The first-order chi connectivity index (χ1) is 12.5. The molecule has 1 aliphatic rings. The summed E-state index contributed by atoms with van der Waals surface area (Å²) in [6.45, 7) is 4.34. The molecule has 0 bridgehead atoms. The fourth-order valence-electron chi connectivity index (χ4n) is 3.06. The van der Waals surface area contributed by atoms with Gasteiger partial charge in [-0.3, -0.25) is 4.79 Å². The molecule has 1 amide bonds. The first-order valence-corrected chi connectivity index (χ1v) is 8.72. The molecule has 0 radical (unpaired) electrons. The van der Waals surface area contributed by atoms with Gasteiger partial charge in [-0.2, -0.15) is 0 Å². The molecule has 0 N–H and O–H groups in total. The monoisotopic (exact) mass is 357 g/mol. The van der Waals surface area contributed by atoms with Gasteiger partial charge in [0.2, 0.25) is 0 Å². The van der Waals surface area contributed by atoms with Crippen LogP contribution in [-0.4, -0.2) is 55.3 Å². The molecule has 2 atom stereocenters. The van der Waals surface area contributed by atoms with Gasteiger partial charge in [0.1, 0.15) is 5.75 Å². The molecule has 1 saturated heterocycles. The minimum atomic E-state index is -0.569. The molecule has 1 fully saturated rings. The molecule has 0 aliphatic carbocycles. The largest absolute Gasteiger partial charge is 0.482 e. The van der Waals surface area contributed by atoms with Crippen molar-refractivity contribution in [3.05, 3.63) is 42.5 Å². The zero-order valence-electron chi connectivity index (χ0n) is 15.0. The topological polar surface area (TPSA) is 65.1 Å². The van der Waals surface area contributed by atoms with Gasteiger partial charge in [0.25, 0.3) is 5.91 Å². The van der Waals surface area contributed by atoms with E-state index >= 15 is 0 Å². The number of amides is 1. The number of nitrogens with zero attached hydrogens (tertiary/aromatic N) is 1. The molecule has 0 spiro atoms.